The molecule has 120 valence electrons. The summed E-state index contributed by atoms with van der Waals surface area (Å²) in [6, 6.07) is 6.24. The van der Waals surface area contributed by atoms with E-state index in [-0.39, 0.29) is 11.7 Å². The highest BCUT2D eigenvalue weighted by atomic mass is 19.1. The number of nitrogens with one attached hydrogen (secondary N) is 1. The molecule has 4 unspecified atom stereocenters. The summed E-state index contributed by atoms with van der Waals surface area (Å²) in [5.74, 6) is 0.157. The molecule has 4 atom stereocenters. The molecule has 1 saturated heterocycles. The van der Waals surface area contributed by atoms with Crippen LogP contribution in [0.15, 0.2) is 24.3 Å². The molecule has 4 nitrogen and oxygen atoms in total. The van der Waals surface area contributed by atoms with Gasteiger partial charge in [0.15, 0.2) is 0 Å². The smallest absolute Gasteiger partial charge is 0.228 e. The molecule has 0 spiro atoms. The Morgan fingerprint density at radius 1 is 1.36 bits per heavy atom. The molecule has 5 heteroatoms. The number of aliphatic hydroxyl groups is 1. The number of rotatable bonds is 4. The Hall–Kier alpha value is -1.46. The van der Waals surface area contributed by atoms with Gasteiger partial charge < -0.3 is 15.3 Å². The third-order valence-corrected chi connectivity index (χ3v) is 5.48. The second-order valence-electron chi connectivity index (χ2n) is 6.76. The lowest BCUT2D eigenvalue weighted by Crippen LogP contribution is -2.45. The minimum atomic E-state index is -1.31. The predicted octanol–water partition coefficient (Wildman–Crippen LogP) is 1.35. The topological polar surface area (TPSA) is 52.6 Å². The van der Waals surface area contributed by atoms with E-state index in [9.17, 15) is 14.3 Å². The van der Waals surface area contributed by atoms with Crippen LogP contribution in [-0.4, -0.2) is 42.1 Å². The van der Waals surface area contributed by atoms with Crippen LogP contribution in [0.2, 0.25) is 0 Å². The van der Waals surface area contributed by atoms with Gasteiger partial charge in [0.05, 0.1) is 11.5 Å². The van der Waals surface area contributed by atoms with Gasteiger partial charge in [-0.25, -0.2) is 4.39 Å². The van der Waals surface area contributed by atoms with Crippen molar-refractivity contribution in [3.8, 4) is 0 Å². The highest BCUT2D eigenvalue weighted by molar-refractivity contribution is 5.80. The average molecular weight is 306 g/mol. The Bertz CT molecular complexity index is 561. The molecule has 1 amide bonds. The van der Waals surface area contributed by atoms with E-state index in [0.29, 0.717) is 23.4 Å². The van der Waals surface area contributed by atoms with Crippen LogP contribution in [0.25, 0.3) is 0 Å². The Kier molecular flexibility index (Phi) is 3.73. The molecule has 3 rings (SSSR count). The first-order valence-corrected chi connectivity index (χ1v) is 7.80. The maximum Gasteiger partial charge on any atom is 0.228 e. The highest BCUT2D eigenvalue weighted by Gasteiger charge is 2.56. The Balaban J connectivity index is 1.69. The molecule has 1 heterocycles. The zero-order valence-electron chi connectivity index (χ0n) is 13.2. The largest absolute Gasteiger partial charge is 0.385 e. The first kappa shape index (κ1) is 15.4. The minimum Gasteiger partial charge on any atom is -0.385 e. The quantitative estimate of drug-likeness (QED) is 0.883. The summed E-state index contributed by atoms with van der Waals surface area (Å²) in [5.41, 5.74) is -0.743. The third-order valence-electron chi connectivity index (χ3n) is 5.48. The number of carbonyl (C=O) groups is 1. The van der Waals surface area contributed by atoms with E-state index in [4.69, 9.17) is 0 Å². The summed E-state index contributed by atoms with van der Waals surface area (Å²) in [6.07, 6.45) is 0. The summed E-state index contributed by atoms with van der Waals surface area (Å²) in [5, 5.41) is 14.0. The molecule has 22 heavy (non-hydrogen) atoms. The fraction of sp³-hybridized carbons (Fsp3) is 0.588. The van der Waals surface area contributed by atoms with E-state index in [2.05, 4.69) is 5.32 Å². The molecule has 1 aromatic carbocycles. The summed E-state index contributed by atoms with van der Waals surface area (Å²) < 4.78 is 13.0. The molecule has 0 aromatic heterocycles. The van der Waals surface area contributed by atoms with Gasteiger partial charge in [0.1, 0.15) is 5.82 Å². The number of halogens is 1. The van der Waals surface area contributed by atoms with Crippen LogP contribution >= 0.6 is 0 Å². The standard InChI is InChI=1S/C17H23FN2O2/c1-10(17(2,22)11-4-6-12(18)7-5-11)16(21)20-8-13-14(9-20)15(13)19-3/h4-7,10,13-15,19,22H,8-9H2,1-3H3. The molecule has 2 aliphatic rings. The average Bonchev–Trinajstić information content (AvgIpc) is 2.97. The van der Waals surface area contributed by atoms with Gasteiger partial charge in [-0.05, 0) is 43.5 Å². The molecule has 1 aromatic rings. The van der Waals surface area contributed by atoms with Crippen molar-refractivity contribution in [3.05, 3.63) is 35.6 Å². The van der Waals surface area contributed by atoms with Crippen molar-refractivity contribution in [3.63, 3.8) is 0 Å². The molecule has 2 N–H and O–H groups in total. The second kappa shape index (κ2) is 5.32. The van der Waals surface area contributed by atoms with Gasteiger partial charge >= 0.3 is 0 Å². The van der Waals surface area contributed by atoms with E-state index >= 15 is 0 Å². The highest BCUT2D eigenvalue weighted by Crippen LogP contribution is 2.46. The van der Waals surface area contributed by atoms with Gasteiger partial charge in [-0.2, -0.15) is 0 Å². The van der Waals surface area contributed by atoms with Crippen molar-refractivity contribution >= 4 is 5.91 Å². The van der Waals surface area contributed by atoms with Crippen molar-refractivity contribution < 1.29 is 14.3 Å². The summed E-state index contributed by atoms with van der Waals surface area (Å²) in [7, 11) is 1.96. The SMILES string of the molecule is CNC1C2CN(C(=O)C(C)C(C)(O)c3ccc(F)cc3)CC21. The summed E-state index contributed by atoms with van der Waals surface area (Å²) in [6.45, 7) is 4.89. The molecule has 1 aliphatic carbocycles. The van der Waals surface area contributed by atoms with Gasteiger partial charge in [0.2, 0.25) is 5.91 Å². The van der Waals surface area contributed by atoms with E-state index in [0.717, 1.165) is 13.1 Å². The maximum absolute atomic E-state index is 13.0. The third kappa shape index (κ3) is 2.42. The molecule has 0 radical (unpaired) electrons. The number of hydrogen-bond donors (Lipinski definition) is 2. The van der Waals surface area contributed by atoms with E-state index in [1.54, 1.807) is 13.8 Å². The van der Waals surface area contributed by atoms with Crippen LogP contribution in [0.4, 0.5) is 4.39 Å². The van der Waals surface area contributed by atoms with Crippen LogP contribution in [0.1, 0.15) is 19.4 Å². The van der Waals surface area contributed by atoms with E-state index in [1.807, 2.05) is 11.9 Å². The number of carbonyl (C=O) groups excluding carboxylic acids is 1. The van der Waals surface area contributed by atoms with E-state index in [1.165, 1.54) is 24.3 Å². The van der Waals surface area contributed by atoms with Crippen molar-refractivity contribution in [2.75, 3.05) is 20.1 Å². The number of hydrogen-bond acceptors (Lipinski definition) is 3. The molecule has 1 saturated carbocycles. The lowest BCUT2D eigenvalue weighted by atomic mass is 9.83. The Morgan fingerprint density at radius 2 is 1.91 bits per heavy atom. The predicted molar refractivity (Wildman–Crippen MR) is 81.5 cm³/mol. The normalized spacial score (nSPS) is 30.6. The van der Waals surface area contributed by atoms with Crippen LogP contribution in [0, 0.1) is 23.6 Å². The van der Waals surface area contributed by atoms with Gasteiger partial charge in [-0.15, -0.1) is 0 Å². The van der Waals surface area contributed by atoms with Gasteiger partial charge in [0.25, 0.3) is 0 Å². The zero-order valence-corrected chi connectivity index (χ0v) is 13.2. The number of nitrogens with zero attached hydrogens (tertiary/aromatic N) is 1. The van der Waals surface area contributed by atoms with Crippen LogP contribution in [0.3, 0.4) is 0 Å². The van der Waals surface area contributed by atoms with Gasteiger partial charge in [-0.1, -0.05) is 19.1 Å². The molecular formula is C17H23FN2O2. The molecule has 1 aliphatic heterocycles. The first-order chi connectivity index (χ1) is 10.4. The zero-order chi connectivity index (χ0) is 16.1. The van der Waals surface area contributed by atoms with E-state index < -0.39 is 11.5 Å². The van der Waals surface area contributed by atoms with Crippen molar-refractivity contribution in [1.29, 1.82) is 0 Å². The monoisotopic (exact) mass is 306 g/mol. The second-order valence-corrected chi connectivity index (χ2v) is 6.76. The van der Waals surface area contributed by atoms with Crippen LogP contribution in [-0.2, 0) is 10.4 Å². The van der Waals surface area contributed by atoms with Gasteiger partial charge in [0, 0.05) is 19.1 Å². The van der Waals surface area contributed by atoms with Crippen molar-refractivity contribution in [2.45, 2.75) is 25.5 Å². The molecule has 0 bridgehead atoms. The van der Waals surface area contributed by atoms with Crippen LogP contribution < -0.4 is 5.32 Å². The number of amides is 1. The number of piperidine rings is 1. The molecule has 2 fully saturated rings. The summed E-state index contributed by atoms with van der Waals surface area (Å²) in [4.78, 5) is 14.5. The Morgan fingerprint density at radius 3 is 2.41 bits per heavy atom. The van der Waals surface area contributed by atoms with Gasteiger partial charge in [-0.3, -0.25) is 4.79 Å². The van der Waals surface area contributed by atoms with Crippen molar-refractivity contribution in [1.82, 2.24) is 10.2 Å². The maximum atomic E-state index is 13.0. The Labute approximate surface area is 130 Å². The lowest BCUT2D eigenvalue weighted by Gasteiger charge is -2.33. The molecular weight excluding hydrogens is 283 g/mol. The number of likely N-dealkylation sites (tertiary alicyclic amines) is 1. The summed E-state index contributed by atoms with van der Waals surface area (Å²) >= 11 is 0. The fourth-order valence-electron chi connectivity index (χ4n) is 3.69. The first-order valence-electron chi connectivity index (χ1n) is 7.80. The van der Waals surface area contributed by atoms with Crippen LogP contribution in [0.5, 0.6) is 0 Å². The minimum absolute atomic E-state index is 0.0311. The fourth-order valence-corrected chi connectivity index (χ4v) is 3.69. The number of fused-ring (bicyclic) bond motifs is 1. The van der Waals surface area contributed by atoms with Crippen molar-refractivity contribution in [2.24, 2.45) is 17.8 Å². The number of benzene rings is 1. The lowest BCUT2D eigenvalue weighted by molar-refractivity contribution is -0.143.